The SMILES string of the molecule is CC(C)=NOCCCCCOc1c(C)cc(OCC=C(Cl)Cl)c(Cl)c1Cl. The Morgan fingerprint density at radius 1 is 1.04 bits per heavy atom. The fourth-order valence-electron chi connectivity index (χ4n) is 1.98. The van der Waals surface area contributed by atoms with Gasteiger partial charge in [0.1, 0.15) is 39.2 Å². The first-order valence-corrected chi connectivity index (χ1v) is 9.72. The number of unbranched alkanes of at least 4 members (excludes halogenated alkanes) is 2. The summed E-state index contributed by atoms with van der Waals surface area (Å²) >= 11 is 23.7. The predicted octanol–water partition coefficient (Wildman–Crippen LogP) is 6.96. The topological polar surface area (TPSA) is 40.0 Å². The summed E-state index contributed by atoms with van der Waals surface area (Å²) in [6.07, 6.45) is 4.28. The van der Waals surface area contributed by atoms with Crippen LogP contribution in [0.2, 0.25) is 10.0 Å². The van der Waals surface area contributed by atoms with Gasteiger partial charge in [-0.05, 0) is 57.7 Å². The van der Waals surface area contributed by atoms with Crippen LogP contribution in [0.1, 0.15) is 38.7 Å². The molecule has 0 N–H and O–H groups in total. The lowest BCUT2D eigenvalue weighted by Crippen LogP contribution is -2.02. The summed E-state index contributed by atoms with van der Waals surface area (Å²) in [6.45, 7) is 7.01. The minimum absolute atomic E-state index is 0.130. The molecule has 4 nitrogen and oxygen atoms in total. The van der Waals surface area contributed by atoms with Gasteiger partial charge in [-0.1, -0.05) is 51.6 Å². The molecule has 1 aromatic carbocycles. The molecule has 0 fully saturated rings. The summed E-state index contributed by atoms with van der Waals surface area (Å²) in [5, 5.41) is 4.52. The van der Waals surface area contributed by atoms with Crippen molar-refractivity contribution in [1.29, 1.82) is 0 Å². The van der Waals surface area contributed by atoms with Gasteiger partial charge in [-0.2, -0.15) is 0 Å². The van der Waals surface area contributed by atoms with Gasteiger partial charge in [0, 0.05) is 0 Å². The Morgan fingerprint density at radius 2 is 1.73 bits per heavy atom. The third-order valence-corrected chi connectivity index (χ3v) is 4.31. The maximum absolute atomic E-state index is 6.32. The van der Waals surface area contributed by atoms with E-state index in [0.29, 0.717) is 34.8 Å². The molecule has 0 radical (unpaired) electrons. The first kappa shape index (κ1) is 23.2. The number of hydrogen-bond donors (Lipinski definition) is 0. The molecule has 8 heteroatoms. The van der Waals surface area contributed by atoms with E-state index in [1.54, 1.807) is 6.07 Å². The molecule has 0 aliphatic rings. The summed E-state index contributed by atoms with van der Waals surface area (Å²) in [5.74, 6) is 1.02. The molecule has 26 heavy (non-hydrogen) atoms. The average molecular weight is 443 g/mol. The Kier molecular flexibility index (Phi) is 11.2. The molecule has 0 unspecified atom stereocenters. The molecule has 0 saturated carbocycles. The highest BCUT2D eigenvalue weighted by atomic mass is 35.5. The molecular formula is C18H23Cl4NO3. The van der Waals surface area contributed by atoms with Crippen LogP contribution >= 0.6 is 46.4 Å². The van der Waals surface area contributed by atoms with E-state index < -0.39 is 0 Å². The molecule has 0 heterocycles. The third-order valence-electron chi connectivity index (χ3n) is 3.16. The number of hydrogen-bond acceptors (Lipinski definition) is 4. The monoisotopic (exact) mass is 441 g/mol. The lowest BCUT2D eigenvalue weighted by atomic mass is 10.2. The zero-order valence-electron chi connectivity index (χ0n) is 15.1. The maximum atomic E-state index is 6.32. The number of rotatable bonds is 11. The molecule has 0 saturated heterocycles. The summed E-state index contributed by atoms with van der Waals surface area (Å²) in [4.78, 5) is 5.15. The number of halogens is 4. The van der Waals surface area contributed by atoms with Crippen molar-refractivity contribution in [1.82, 2.24) is 0 Å². The Morgan fingerprint density at radius 3 is 2.38 bits per heavy atom. The average Bonchev–Trinajstić information content (AvgIpc) is 2.56. The first-order chi connectivity index (χ1) is 12.3. The van der Waals surface area contributed by atoms with E-state index in [9.17, 15) is 0 Å². The van der Waals surface area contributed by atoms with E-state index >= 15 is 0 Å². The summed E-state index contributed by atoms with van der Waals surface area (Å²) in [5.41, 5.74) is 1.75. The summed E-state index contributed by atoms with van der Waals surface area (Å²) in [6, 6.07) is 1.78. The van der Waals surface area contributed by atoms with Gasteiger partial charge in [0.25, 0.3) is 0 Å². The van der Waals surface area contributed by atoms with Crippen LogP contribution in [0.3, 0.4) is 0 Å². The number of oxime groups is 1. The highest BCUT2D eigenvalue weighted by Gasteiger charge is 2.15. The predicted molar refractivity (Wildman–Crippen MR) is 111 cm³/mol. The van der Waals surface area contributed by atoms with Gasteiger partial charge in [-0.15, -0.1) is 0 Å². The van der Waals surface area contributed by atoms with Crippen LogP contribution in [-0.4, -0.2) is 25.5 Å². The minimum atomic E-state index is 0.130. The highest BCUT2D eigenvalue weighted by Crippen LogP contribution is 2.41. The Balaban J connectivity index is 2.48. The van der Waals surface area contributed by atoms with Crippen LogP contribution in [0.15, 0.2) is 21.8 Å². The van der Waals surface area contributed by atoms with Crippen LogP contribution < -0.4 is 9.47 Å². The largest absolute Gasteiger partial charge is 0.492 e. The van der Waals surface area contributed by atoms with Crippen molar-refractivity contribution < 1.29 is 14.3 Å². The second-order valence-electron chi connectivity index (χ2n) is 5.73. The molecular weight excluding hydrogens is 420 g/mol. The standard InChI is InChI=1S/C18H23Cl4NO3/c1-12(2)23-26-9-6-4-5-8-25-18-13(3)11-14(16(21)17(18)22)24-10-7-15(19)20/h7,11H,4-6,8-10H2,1-3H3. The Labute approximate surface area is 175 Å². The Bertz CT molecular complexity index is 640. The maximum Gasteiger partial charge on any atom is 0.142 e. The van der Waals surface area contributed by atoms with E-state index in [0.717, 1.165) is 30.5 Å². The van der Waals surface area contributed by atoms with E-state index in [1.165, 1.54) is 6.08 Å². The van der Waals surface area contributed by atoms with E-state index in [4.69, 9.17) is 60.7 Å². The van der Waals surface area contributed by atoms with Gasteiger partial charge in [-0.3, -0.25) is 0 Å². The first-order valence-electron chi connectivity index (χ1n) is 8.21. The van der Waals surface area contributed by atoms with Crippen molar-refractivity contribution in [3.63, 3.8) is 0 Å². The lowest BCUT2D eigenvalue weighted by Gasteiger charge is -2.15. The van der Waals surface area contributed by atoms with Gasteiger partial charge in [0.15, 0.2) is 0 Å². The molecule has 0 aliphatic heterocycles. The van der Waals surface area contributed by atoms with Crippen molar-refractivity contribution in [2.45, 2.75) is 40.0 Å². The second kappa shape index (κ2) is 12.6. The molecule has 0 spiro atoms. The zero-order valence-corrected chi connectivity index (χ0v) is 18.1. The van der Waals surface area contributed by atoms with Crippen molar-refractivity contribution >= 4 is 52.1 Å². The molecule has 0 atom stereocenters. The van der Waals surface area contributed by atoms with Gasteiger partial charge in [0.05, 0.1) is 12.3 Å². The lowest BCUT2D eigenvalue weighted by molar-refractivity contribution is 0.138. The fourth-order valence-corrected chi connectivity index (χ4v) is 2.60. The van der Waals surface area contributed by atoms with E-state index in [-0.39, 0.29) is 11.1 Å². The van der Waals surface area contributed by atoms with Crippen molar-refractivity contribution in [3.05, 3.63) is 32.2 Å². The fraction of sp³-hybridized carbons (Fsp3) is 0.500. The van der Waals surface area contributed by atoms with Crippen LogP contribution in [0, 0.1) is 6.92 Å². The quantitative estimate of drug-likeness (QED) is 0.211. The highest BCUT2D eigenvalue weighted by molar-refractivity contribution is 6.55. The molecule has 0 aromatic heterocycles. The van der Waals surface area contributed by atoms with Gasteiger partial charge < -0.3 is 14.3 Å². The zero-order chi connectivity index (χ0) is 19.5. The summed E-state index contributed by atoms with van der Waals surface area (Å²) < 4.78 is 11.4. The van der Waals surface area contributed by atoms with Crippen molar-refractivity contribution in [2.75, 3.05) is 19.8 Å². The van der Waals surface area contributed by atoms with Crippen LogP contribution in [0.4, 0.5) is 0 Å². The van der Waals surface area contributed by atoms with Gasteiger partial charge in [-0.25, -0.2) is 0 Å². The number of aryl methyl sites for hydroxylation is 1. The molecule has 146 valence electrons. The van der Waals surface area contributed by atoms with E-state index in [1.807, 2.05) is 20.8 Å². The molecule has 0 amide bonds. The molecule has 1 aromatic rings. The van der Waals surface area contributed by atoms with Gasteiger partial charge >= 0.3 is 0 Å². The molecule has 0 bridgehead atoms. The molecule has 0 aliphatic carbocycles. The Hall–Kier alpha value is -0.810. The molecule has 1 rings (SSSR count). The third kappa shape index (κ3) is 8.72. The van der Waals surface area contributed by atoms with Crippen LogP contribution in [0.25, 0.3) is 0 Å². The van der Waals surface area contributed by atoms with Crippen molar-refractivity contribution in [3.8, 4) is 11.5 Å². The second-order valence-corrected chi connectivity index (χ2v) is 7.50. The van der Waals surface area contributed by atoms with Crippen LogP contribution in [-0.2, 0) is 4.84 Å². The number of benzene rings is 1. The number of nitrogens with zero attached hydrogens (tertiary/aromatic N) is 1. The normalized spacial score (nSPS) is 10.3. The van der Waals surface area contributed by atoms with Gasteiger partial charge in [0.2, 0.25) is 0 Å². The number of ether oxygens (including phenoxy) is 2. The van der Waals surface area contributed by atoms with E-state index in [2.05, 4.69) is 5.16 Å². The summed E-state index contributed by atoms with van der Waals surface area (Å²) in [7, 11) is 0. The smallest absolute Gasteiger partial charge is 0.142 e. The van der Waals surface area contributed by atoms with Crippen LogP contribution in [0.5, 0.6) is 11.5 Å². The van der Waals surface area contributed by atoms with Crippen molar-refractivity contribution in [2.24, 2.45) is 5.16 Å². The minimum Gasteiger partial charge on any atom is -0.492 e.